The topological polar surface area (TPSA) is 55.1 Å². The molecule has 0 aromatic carbocycles. The van der Waals surface area contributed by atoms with Crippen LogP contribution in [0.5, 0.6) is 0 Å². The third kappa shape index (κ3) is 3.49. The fraction of sp³-hybridized carbons (Fsp3) is 0.667. The number of carbonyl (C=O) groups excluding carboxylic acids is 1. The molecule has 1 heterocycles. The Morgan fingerprint density at radius 2 is 2.18 bits per heavy atom. The van der Waals surface area contributed by atoms with Crippen LogP contribution in [-0.4, -0.2) is 22.7 Å². The van der Waals surface area contributed by atoms with Gasteiger partial charge in [-0.3, -0.25) is 4.79 Å². The molecule has 0 saturated heterocycles. The number of thioether (sulfide) groups is 1. The molecule has 1 saturated carbocycles. The predicted molar refractivity (Wildman–Crippen MR) is 67.1 cm³/mol. The quantitative estimate of drug-likeness (QED) is 0.838. The van der Waals surface area contributed by atoms with E-state index in [1.807, 2.05) is 13.8 Å². The molecular formula is C12H18N2O2S. The molecule has 94 valence electrons. The first-order chi connectivity index (χ1) is 8.15. The third-order valence-corrected chi connectivity index (χ3v) is 3.88. The lowest BCUT2D eigenvalue weighted by Crippen LogP contribution is -2.33. The van der Waals surface area contributed by atoms with Crippen LogP contribution in [0.25, 0.3) is 0 Å². The minimum absolute atomic E-state index is 0.0791. The second-order valence-electron chi connectivity index (χ2n) is 4.46. The van der Waals surface area contributed by atoms with Gasteiger partial charge >= 0.3 is 0 Å². The fourth-order valence-electron chi connectivity index (χ4n) is 1.97. The van der Waals surface area contributed by atoms with E-state index in [9.17, 15) is 4.79 Å². The zero-order valence-electron chi connectivity index (χ0n) is 10.3. The van der Waals surface area contributed by atoms with Crippen LogP contribution in [0, 0.1) is 13.8 Å². The van der Waals surface area contributed by atoms with Gasteiger partial charge in [-0.05, 0) is 26.7 Å². The van der Waals surface area contributed by atoms with Gasteiger partial charge in [0, 0.05) is 6.04 Å². The summed E-state index contributed by atoms with van der Waals surface area (Å²) in [6.45, 7) is 3.78. The van der Waals surface area contributed by atoms with Crippen molar-refractivity contribution in [2.75, 3.05) is 5.75 Å². The van der Waals surface area contributed by atoms with Gasteiger partial charge in [-0.2, -0.15) is 0 Å². The van der Waals surface area contributed by atoms with Crippen molar-refractivity contribution in [1.82, 2.24) is 10.3 Å². The Kier molecular flexibility index (Phi) is 4.10. The summed E-state index contributed by atoms with van der Waals surface area (Å²) < 4.78 is 5.41. The average molecular weight is 254 g/mol. The molecule has 1 aromatic rings. The first-order valence-corrected chi connectivity index (χ1v) is 7.00. The van der Waals surface area contributed by atoms with Crippen molar-refractivity contribution in [2.45, 2.75) is 50.8 Å². The summed E-state index contributed by atoms with van der Waals surface area (Å²) in [7, 11) is 0. The largest absolute Gasteiger partial charge is 0.437 e. The lowest BCUT2D eigenvalue weighted by atomic mass is 10.2. The molecule has 0 aliphatic heterocycles. The lowest BCUT2D eigenvalue weighted by Gasteiger charge is -2.10. The zero-order valence-corrected chi connectivity index (χ0v) is 11.1. The number of hydrogen-bond acceptors (Lipinski definition) is 4. The molecule has 2 rings (SSSR count). The van der Waals surface area contributed by atoms with Crippen LogP contribution >= 0.6 is 11.8 Å². The Bertz CT molecular complexity index is 378. The average Bonchev–Trinajstić information content (AvgIpc) is 2.87. The maximum Gasteiger partial charge on any atom is 0.256 e. The van der Waals surface area contributed by atoms with Crippen molar-refractivity contribution < 1.29 is 9.21 Å². The number of oxazole rings is 1. The summed E-state index contributed by atoms with van der Waals surface area (Å²) in [6, 6.07) is 0.385. The molecular weight excluding hydrogens is 236 g/mol. The molecule has 17 heavy (non-hydrogen) atoms. The third-order valence-electron chi connectivity index (χ3n) is 3.06. The molecule has 0 spiro atoms. The minimum atomic E-state index is 0.0791. The molecule has 0 atom stereocenters. The molecule has 0 unspecified atom stereocenters. The number of hydrogen-bond donors (Lipinski definition) is 1. The fourth-order valence-corrected chi connectivity index (χ4v) is 2.70. The standard InChI is InChI=1S/C12H18N2O2S/c1-8-9(2)16-12(13-8)17-7-11(15)14-10-5-3-4-6-10/h10H,3-7H2,1-2H3,(H,14,15). The number of amides is 1. The number of nitrogens with one attached hydrogen (secondary N) is 1. The summed E-state index contributed by atoms with van der Waals surface area (Å²) in [6.07, 6.45) is 4.70. The monoisotopic (exact) mass is 254 g/mol. The van der Waals surface area contributed by atoms with Crippen LogP contribution in [0.15, 0.2) is 9.64 Å². The van der Waals surface area contributed by atoms with Gasteiger partial charge in [0.15, 0.2) is 0 Å². The molecule has 1 aliphatic carbocycles. The van der Waals surface area contributed by atoms with Crippen molar-refractivity contribution in [2.24, 2.45) is 0 Å². The second-order valence-corrected chi connectivity index (χ2v) is 5.39. The Labute approximate surface area is 106 Å². The molecule has 0 bridgehead atoms. The van der Waals surface area contributed by atoms with Gasteiger partial charge in [-0.25, -0.2) is 4.98 Å². The van der Waals surface area contributed by atoms with Gasteiger partial charge in [-0.15, -0.1) is 0 Å². The van der Waals surface area contributed by atoms with E-state index >= 15 is 0 Å². The highest BCUT2D eigenvalue weighted by Crippen LogP contribution is 2.21. The SMILES string of the molecule is Cc1nc(SCC(=O)NC2CCCC2)oc1C. The van der Waals surface area contributed by atoms with E-state index in [0.29, 0.717) is 17.0 Å². The molecule has 1 N–H and O–H groups in total. The summed E-state index contributed by atoms with van der Waals surface area (Å²) in [5.74, 6) is 1.29. The van der Waals surface area contributed by atoms with E-state index in [1.54, 1.807) is 0 Å². The number of nitrogens with zero attached hydrogens (tertiary/aromatic N) is 1. The Morgan fingerprint density at radius 3 is 2.76 bits per heavy atom. The van der Waals surface area contributed by atoms with Crippen LogP contribution in [0.2, 0.25) is 0 Å². The first-order valence-electron chi connectivity index (χ1n) is 6.01. The molecule has 1 aromatic heterocycles. The van der Waals surface area contributed by atoms with Gasteiger partial charge in [0.2, 0.25) is 5.91 Å². The van der Waals surface area contributed by atoms with Crippen LogP contribution < -0.4 is 5.32 Å². The maximum absolute atomic E-state index is 11.7. The van der Waals surface area contributed by atoms with E-state index in [-0.39, 0.29) is 5.91 Å². The van der Waals surface area contributed by atoms with Crippen molar-refractivity contribution in [1.29, 1.82) is 0 Å². The molecule has 1 amide bonds. The Balaban J connectivity index is 1.75. The highest BCUT2D eigenvalue weighted by atomic mass is 32.2. The van der Waals surface area contributed by atoms with Gasteiger partial charge in [0.25, 0.3) is 5.22 Å². The Hall–Kier alpha value is -0.970. The number of carbonyl (C=O) groups is 1. The van der Waals surface area contributed by atoms with E-state index in [1.165, 1.54) is 24.6 Å². The van der Waals surface area contributed by atoms with E-state index < -0.39 is 0 Å². The Morgan fingerprint density at radius 1 is 1.47 bits per heavy atom. The first kappa shape index (κ1) is 12.5. The lowest BCUT2D eigenvalue weighted by molar-refractivity contribution is -0.119. The van der Waals surface area contributed by atoms with E-state index in [4.69, 9.17) is 4.42 Å². The predicted octanol–water partition coefficient (Wildman–Crippen LogP) is 2.44. The second kappa shape index (κ2) is 5.58. The number of rotatable bonds is 4. The van der Waals surface area contributed by atoms with Gasteiger partial charge < -0.3 is 9.73 Å². The van der Waals surface area contributed by atoms with E-state index in [0.717, 1.165) is 24.3 Å². The smallest absolute Gasteiger partial charge is 0.256 e. The van der Waals surface area contributed by atoms with Crippen LogP contribution in [0.4, 0.5) is 0 Å². The van der Waals surface area contributed by atoms with Crippen LogP contribution in [0.1, 0.15) is 37.1 Å². The minimum Gasteiger partial charge on any atom is -0.437 e. The van der Waals surface area contributed by atoms with Gasteiger partial charge in [0.1, 0.15) is 5.76 Å². The summed E-state index contributed by atoms with van der Waals surface area (Å²) in [5, 5.41) is 3.63. The molecule has 5 heteroatoms. The van der Waals surface area contributed by atoms with Gasteiger partial charge in [-0.1, -0.05) is 24.6 Å². The summed E-state index contributed by atoms with van der Waals surface area (Å²) in [5.41, 5.74) is 0.892. The normalized spacial score (nSPS) is 16.4. The highest BCUT2D eigenvalue weighted by Gasteiger charge is 2.17. The van der Waals surface area contributed by atoms with Crippen molar-refractivity contribution in [3.8, 4) is 0 Å². The van der Waals surface area contributed by atoms with Crippen molar-refractivity contribution in [3.63, 3.8) is 0 Å². The van der Waals surface area contributed by atoms with E-state index in [2.05, 4.69) is 10.3 Å². The highest BCUT2D eigenvalue weighted by molar-refractivity contribution is 7.99. The van der Waals surface area contributed by atoms with Gasteiger partial charge in [0.05, 0.1) is 11.4 Å². The van der Waals surface area contributed by atoms with Crippen LogP contribution in [0.3, 0.4) is 0 Å². The number of aryl methyl sites for hydroxylation is 2. The maximum atomic E-state index is 11.7. The van der Waals surface area contributed by atoms with Crippen LogP contribution in [-0.2, 0) is 4.79 Å². The number of aromatic nitrogens is 1. The van der Waals surface area contributed by atoms with Crippen molar-refractivity contribution in [3.05, 3.63) is 11.5 Å². The summed E-state index contributed by atoms with van der Waals surface area (Å²) >= 11 is 1.36. The summed E-state index contributed by atoms with van der Waals surface area (Å²) in [4.78, 5) is 15.9. The zero-order chi connectivity index (χ0) is 12.3. The molecule has 4 nitrogen and oxygen atoms in total. The molecule has 0 radical (unpaired) electrons. The molecule has 1 aliphatic rings. The molecule has 1 fully saturated rings. The van der Waals surface area contributed by atoms with Crippen molar-refractivity contribution >= 4 is 17.7 Å².